The summed E-state index contributed by atoms with van der Waals surface area (Å²) in [5, 5.41) is 15.5. The predicted octanol–water partition coefficient (Wildman–Crippen LogP) is 6.22. The number of fused-ring (bicyclic) bond motifs is 1. The van der Waals surface area contributed by atoms with E-state index in [9.17, 15) is 5.26 Å². The van der Waals surface area contributed by atoms with Crippen molar-refractivity contribution >= 4 is 33.2 Å². The fourth-order valence-corrected chi connectivity index (χ4v) is 4.40. The van der Waals surface area contributed by atoms with Gasteiger partial charge in [0.05, 0.1) is 34.3 Å². The zero-order valence-electron chi connectivity index (χ0n) is 17.3. The Bertz CT molecular complexity index is 1420. The van der Waals surface area contributed by atoms with Crippen LogP contribution in [0.25, 0.3) is 38.8 Å². The smallest absolute Gasteiger partial charge is 0.135 e. The predicted molar refractivity (Wildman–Crippen MR) is 129 cm³/mol. The second-order valence-electron chi connectivity index (χ2n) is 7.10. The Morgan fingerprint density at radius 3 is 2.47 bits per heavy atom. The molecular weight excluding hydrogens is 416 g/mol. The summed E-state index contributed by atoms with van der Waals surface area (Å²) >= 11 is 1.51. The van der Waals surface area contributed by atoms with Gasteiger partial charge >= 0.3 is 0 Å². The molecule has 2 aromatic heterocycles. The van der Waals surface area contributed by atoms with Gasteiger partial charge in [-0.25, -0.2) is 9.67 Å². The number of methoxy groups -OCH3 is 1. The van der Waals surface area contributed by atoms with Crippen LogP contribution >= 0.6 is 11.3 Å². The van der Waals surface area contributed by atoms with Gasteiger partial charge in [0.15, 0.2) is 0 Å². The molecule has 32 heavy (non-hydrogen) atoms. The molecule has 0 fully saturated rings. The lowest BCUT2D eigenvalue weighted by atomic mass is 10.1. The van der Waals surface area contributed by atoms with E-state index in [0.717, 1.165) is 38.5 Å². The number of allylic oxidation sites excluding steroid dienone is 1. The van der Waals surface area contributed by atoms with E-state index < -0.39 is 0 Å². The topological polar surface area (TPSA) is 63.7 Å². The average Bonchev–Trinajstić information content (AvgIpc) is 3.47. The summed E-state index contributed by atoms with van der Waals surface area (Å²) in [5.74, 6) is 0.778. The van der Waals surface area contributed by atoms with Crippen LogP contribution in [0.1, 0.15) is 10.6 Å². The van der Waals surface area contributed by atoms with E-state index in [-0.39, 0.29) is 0 Å². The zero-order chi connectivity index (χ0) is 21.9. The molecule has 0 aliphatic heterocycles. The van der Waals surface area contributed by atoms with Crippen LogP contribution in [0.15, 0.2) is 85.1 Å². The van der Waals surface area contributed by atoms with E-state index >= 15 is 0 Å². The Morgan fingerprint density at radius 2 is 1.75 bits per heavy atom. The van der Waals surface area contributed by atoms with Crippen LogP contribution in [-0.2, 0) is 0 Å². The summed E-state index contributed by atoms with van der Waals surface area (Å²) in [6.07, 6.45) is 3.81. The number of ether oxygens (including phenoxy) is 1. The van der Waals surface area contributed by atoms with Gasteiger partial charge in [-0.2, -0.15) is 10.4 Å². The number of hydrogen-bond acceptors (Lipinski definition) is 5. The van der Waals surface area contributed by atoms with Crippen molar-refractivity contribution in [2.45, 2.75) is 0 Å². The molecule has 0 aliphatic rings. The van der Waals surface area contributed by atoms with Gasteiger partial charge in [0.25, 0.3) is 0 Å². The third kappa shape index (κ3) is 3.78. The van der Waals surface area contributed by atoms with E-state index in [4.69, 9.17) is 9.84 Å². The summed E-state index contributed by atoms with van der Waals surface area (Å²) in [6.45, 7) is 0. The molecule has 0 N–H and O–H groups in total. The molecule has 3 aromatic carbocycles. The number of hydrogen-bond donors (Lipinski definition) is 0. The SMILES string of the molecule is COc1ccc(-c2nn(-c3ccccc3)cc2/C=C(\C#N)c2nc3ccccc3s2)cc1. The molecule has 5 rings (SSSR count). The van der Waals surface area contributed by atoms with Crippen molar-refractivity contribution in [2.24, 2.45) is 0 Å². The molecule has 0 saturated heterocycles. The van der Waals surface area contributed by atoms with Gasteiger partial charge in [0.2, 0.25) is 0 Å². The van der Waals surface area contributed by atoms with E-state index in [0.29, 0.717) is 10.6 Å². The standard InChI is InChI=1S/C26H18N4OS/c1-31-22-13-11-18(12-14-22)25-20(17-30(29-25)21-7-3-2-4-8-21)15-19(16-27)26-28-23-9-5-6-10-24(23)32-26/h2-15,17H,1H3/b19-15+. The van der Waals surface area contributed by atoms with Crippen molar-refractivity contribution in [1.82, 2.24) is 14.8 Å². The van der Waals surface area contributed by atoms with Crippen molar-refractivity contribution in [3.05, 3.63) is 95.6 Å². The molecular formula is C26H18N4OS. The molecule has 0 amide bonds. The molecule has 0 radical (unpaired) electrons. The minimum Gasteiger partial charge on any atom is -0.497 e. The fraction of sp³-hybridized carbons (Fsp3) is 0.0385. The van der Waals surface area contributed by atoms with Crippen molar-refractivity contribution in [1.29, 1.82) is 5.26 Å². The molecule has 5 aromatic rings. The molecule has 6 heteroatoms. The molecule has 0 unspecified atom stereocenters. The fourth-order valence-electron chi connectivity index (χ4n) is 3.46. The van der Waals surface area contributed by atoms with E-state index in [1.54, 1.807) is 7.11 Å². The quantitative estimate of drug-likeness (QED) is 0.308. The van der Waals surface area contributed by atoms with Crippen LogP contribution in [0.5, 0.6) is 5.75 Å². The highest BCUT2D eigenvalue weighted by molar-refractivity contribution is 7.19. The van der Waals surface area contributed by atoms with Gasteiger partial charge < -0.3 is 4.74 Å². The summed E-state index contributed by atoms with van der Waals surface area (Å²) < 4.78 is 8.18. The summed E-state index contributed by atoms with van der Waals surface area (Å²) in [7, 11) is 1.64. The van der Waals surface area contributed by atoms with Gasteiger partial charge in [-0.05, 0) is 54.6 Å². The van der Waals surface area contributed by atoms with Crippen LogP contribution in [-0.4, -0.2) is 21.9 Å². The number of rotatable bonds is 5. The first-order chi connectivity index (χ1) is 15.7. The van der Waals surface area contributed by atoms with Crippen LogP contribution < -0.4 is 4.74 Å². The monoisotopic (exact) mass is 434 g/mol. The maximum absolute atomic E-state index is 9.92. The van der Waals surface area contributed by atoms with Gasteiger partial charge in [0, 0.05) is 17.3 Å². The van der Waals surface area contributed by atoms with E-state index in [2.05, 4.69) is 11.1 Å². The zero-order valence-corrected chi connectivity index (χ0v) is 18.1. The van der Waals surface area contributed by atoms with Crippen molar-refractivity contribution < 1.29 is 4.74 Å². The number of nitrogens with zero attached hydrogens (tertiary/aromatic N) is 4. The van der Waals surface area contributed by atoms with Crippen LogP contribution in [0, 0.1) is 11.3 Å². The van der Waals surface area contributed by atoms with Gasteiger partial charge in [-0.3, -0.25) is 0 Å². The minimum absolute atomic E-state index is 0.508. The molecule has 0 saturated carbocycles. The highest BCUT2D eigenvalue weighted by Crippen LogP contribution is 2.31. The lowest BCUT2D eigenvalue weighted by Crippen LogP contribution is -1.94. The van der Waals surface area contributed by atoms with Crippen LogP contribution in [0.3, 0.4) is 0 Å². The lowest BCUT2D eigenvalue weighted by molar-refractivity contribution is 0.415. The third-order valence-corrected chi connectivity index (χ3v) is 6.14. The number of thiazole rings is 1. The molecule has 0 atom stereocenters. The van der Waals surface area contributed by atoms with E-state index in [1.807, 2.05) is 95.8 Å². The van der Waals surface area contributed by atoms with Gasteiger partial charge in [0.1, 0.15) is 16.8 Å². The molecule has 5 nitrogen and oxygen atoms in total. The third-order valence-electron chi connectivity index (χ3n) is 5.07. The number of para-hydroxylation sites is 2. The number of benzene rings is 3. The second kappa shape index (κ2) is 8.50. The Labute approximate surface area is 189 Å². The molecule has 154 valence electrons. The van der Waals surface area contributed by atoms with E-state index in [1.165, 1.54) is 11.3 Å². The van der Waals surface area contributed by atoms with Gasteiger partial charge in [-0.1, -0.05) is 30.3 Å². The second-order valence-corrected chi connectivity index (χ2v) is 8.13. The highest BCUT2D eigenvalue weighted by atomic mass is 32.1. The lowest BCUT2D eigenvalue weighted by Gasteiger charge is -2.03. The first-order valence-electron chi connectivity index (χ1n) is 10.0. The molecule has 0 aliphatic carbocycles. The maximum atomic E-state index is 9.92. The molecule has 2 heterocycles. The Balaban J connectivity index is 1.65. The first-order valence-corrected chi connectivity index (χ1v) is 10.8. The normalized spacial score (nSPS) is 11.4. The van der Waals surface area contributed by atoms with Crippen molar-refractivity contribution in [3.8, 4) is 28.8 Å². The highest BCUT2D eigenvalue weighted by Gasteiger charge is 2.15. The van der Waals surface area contributed by atoms with Gasteiger partial charge in [-0.15, -0.1) is 11.3 Å². The largest absolute Gasteiger partial charge is 0.497 e. The Hall–Kier alpha value is -4.21. The summed E-state index contributed by atoms with van der Waals surface area (Å²) in [4.78, 5) is 4.65. The number of nitriles is 1. The number of aromatic nitrogens is 3. The summed E-state index contributed by atoms with van der Waals surface area (Å²) in [6, 6.07) is 27.9. The molecule has 0 bridgehead atoms. The van der Waals surface area contributed by atoms with Crippen LogP contribution in [0.4, 0.5) is 0 Å². The van der Waals surface area contributed by atoms with Crippen LogP contribution in [0.2, 0.25) is 0 Å². The maximum Gasteiger partial charge on any atom is 0.135 e. The minimum atomic E-state index is 0.508. The van der Waals surface area contributed by atoms with Crippen molar-refractivity contribution in [2.75, 3.05) is 7.11 Å². The Kier molecular flexibility index (Phi) is 5.24. The first kappa shape index (κ1) is 19.7. The Morgan fingerprint density at radius 1 is 1.00 bits per heavy atom. The van der Waals surface area contributed by atoms with Crippen molar-refractivity contribution in [3.63, 3.8) is 0 Å². The molecule has 0 spiro atoms. The summed E-state index contributed by atoms with van der Waals surface area (Å²) in [5.41, 5.74) is 4.91. The average molecular weight is 435 g/mol.